The molecular weight excluding hydrogens is 262 g/mol. The fraction of sp³-hybridized carbons (Fsp3) is 0.818. The maximum atomic E-state index is 13.6. The molecule has 0 fully saturated rings. The van der Waals surface area contributed by atoms with Crippen molar-refractivity contribution < 1.29 is 28.6 Å². The Labute approximate surface area is 110 Å². The molecule has 0 spiro atoms. The molecule has 0 aliphatic carbocycles. The van der Waals surface area contributed by atoms with Crippen molar-refractivity contribution in [3.05, 3.63) is 0 Å². The molecule has 112 valence electrons. The van der Waals surface area contributed by atoms with E-state index in [0.717, 1.165) is 6.92 Å². The van der Waals surface area contributed by atoms with E-state index >= 15 is 0 Å². The summed E-state index contributed by atoms with van der Waals surface area (Å²) in [6.45, 7) is 1.35. The molecule has 0 radical (unpaired) electrons. The minimum atomic E-state index is -3.34. The Morgan fingerprint density at radius 1 is 1.37 bits per heavy atom. The molecule has 8 heteroatoms. The van der Waals surface area contributed by atoms with Crippen LogP contribution in [0.1, 0.15) is 26.7 Å². The third-order valence-electron chi connectivity index (χ3n) is 2.56. The molecule has 0 bridgehead atoms. The molecule has 0 aromatic heterocycles. The molecule has 0 saturated heterocycles. The minimum Gasteiger partial charge on any atom is -0.480 e. The van der Waals surface area contributed by atoms with Crippen LogP contribution in [-0.4, -0.2) is 47.3 Å². The van der Waals surface area contributed by atoms with Crippen LogP contribution < -0.4 is 10.6 Å². The fourth-order valence-corrected chi connectivity index (χ4v) is 1.32. The number of amides is 1. The lowest BCUT2D eigenvalue weighted by molar-refractivity contribution is -0.137. The van der Waals surface area contributed by atoms with Gasteiger partial charge in [-0.15, -0.1) is 0 Å². The summed E-state index contributed by atoms with van der Waals surface area (Å²) in [4.78, 5) is 21.4. The van der Waals surface area contributed by atoms with Gasteiger partial charge in [0, 0.05) is 6.42 Å². The number of carboxylic acids is 1. The Morgan fingerprint density at radius 2 is 1.95 bits per heavy atom. The first-order chi connectivity index (χ1) is 8.70. The number of aliphatic hydroxyl groups is 1. The van der Waals surface area contributed by atoms with E-state index in [-0.39, 0.29) is 6.42 Å². The van der Waals surface area contributed by atoms with E-state index in [2.05, 4.69) is 10.6 Å². The van der Waals surface area contributed by atoms with Gasteiger partial charge in [-0.05, 0) is 6.42 Å². The van der Waals surface area contributed by atoms with Crippen molar-refractivity contribution in [2.24, 2.45) is 5.92 Å². The number of carbonyl (C=O) groups is 2. The number of carboxylic acid groups (broad SMARTS) is 1. The van der Waals surface area contributed by atoms with Gasteiger partial charge in [0.15, 0.2) is 0 Å². The number of nitrogens with one attached hydrogen (secondary N) is 2. The summed E-state index contributed by atoms with van der Waals surface area (Å²) in [5.41, 5.74) is 0. The van der Waals surface area contributed by atoms with E-state index in [1.807, 2.05) is 0 Å². The SMILES string of the molecule is CCCC(=O)N[C@@H](O)C(C)C(F)(F)CNCC(=O)O. The van der Waals surface area contributed by atoms with Crippen LogP contribution in [0.25, 0.3) is 0 Å². The van der Waals surface area contributed by atoms with Crippen LogP contribution in [0.15, 0.2) is 0 Å². The van der Waals surface area contributed by atoms with Crippen LogP contribution in [0.2, 0.25) is 0 Å². The summed E-state index contributed by atoms with van der Waals surface area (Å²) >= 11 is 0. The Balaban J connectivity index is 4.30. The van der Waals surface area contributed by atoms with Crippen molar-refractivity contribution in [2.45, 2.75) is 38.8 Å². The third kappa shape index (κ3) is 7.02. The number of rotatable bonds is 9. The van der Waals surface area contributed by atoms with E-state index in [9.17, 15) is 23.5 Å². The first-order valence-electron chi connectivity index (χ1n) is 5.98. The summed E-state index contributed by atoms with van der Waals surface area (Å²) in [6.07, 6.45) is -0.989. The van der Waals surface area contributed by atoms with Crippen LogP contribution in [0, 0.1) is 5.92 Å². The Morgan fingerprint density at radius 3 is 2.42 bits per heavy atom. The Hall–Kier alpha value is -1.28. The number of aliphatic hydroxyl groups excluding tert-OH is 1. The lowest BCUT2D eigenvalue weighted by Gasteiger charge is -2.28. The highest BCUT2D eigenvalue weighted by Crippen LogP contribution is 2.25. The van der Waals surface area contributed by atoms with Crippen LogP contribution in [0.5, 0.6) is 0 Å². The average molecular weight is 282 g/mol. The number of aliphatic carboxylic acids is 1. The number of halogens is 2. The standard InChI is InChI=1S/C11H20F2N2O4/c1-3-4-8(16)15-10(19)7(2)11(12,13)6-14-5-9(17)18/h7,10,14,19H,3-6H2,1-2H3,(H,15,16)(H,17,18)/t7?,10-/m0/s1. The monoisotopic (exact) mass is 282 g/mol. The van der Waals surface area contributed by atoms with Gasteiger partial charge >= 0.3 is 5.97 Å². The summed E-state index contributed by atoms with van der Waals surface area (Å²) in [5.74, 6) is -6.63. The van der Waals surface area contributed by atoms with E-state index in [0.29, 0.717) is 6.42 Å². The van der Waals surface area contributed by atoms with Gasteiger partial charge < -0.3 is 20.8 Å². The zero-order valence-electron chi connectivity index (χ0n) is 10.9. The molecule has 0 rings (SSSR count). The maximum absolute atomic E-state index is 13.6. The minimum absolute atomic E-state index is 0.145. The molecule has 0 aliphatic rings. The van der Waals surface area contributed by atoms with Gasteiger partial charge in [-0.3, -0.25) is 9.59 Å². The van der Waals surface area contributed by atoms with Crippen molar-refractivity contribution in [1.29, 1.82) is 0 Å². The Bertz CT molecular complexity index is 313. The van der Waals surface area contributed by atoms with Gasteiger partial charge in [0.05, 0.1) is 19.0 Å². The molecule has 0 heterocycles. The zero-order chi connectivity index (χ0) is 15.1. The van der Waals surface area contributed by atoms with Gasteiger partial charge in [-0.1, -0.05) is 13.8 Å². The van der Waals surface area contributed by atoms with Gasteiger partial charge in [0.2, 0.25) is 5.91 Å². The highest BCUT2D eigenvalue weighted by atomic mass is 19.3. The predicted octanol–water partition coefficient (Wildman–Crippen LogP) is 0.167. The van der Waals surface area contributed by atoms with Crippen molar-refractivity contribution in [3.8, 4) is 0 Å². The highest BCUT2D eigenvalue weighted by molar-refractivity contribution is 5.75. The van der Waals surface area contributed by atoms with E-state index in [4.69, 9.17) is 5.11 Å². The number of alkyl halides is 2. The van der Waals surface area contributed by atoms with Crippen molar-refractivity contribution >= 4 is 11.9 Å². The van der Waals surface area contributed by atoms with Gasteiger partial charge in [0.1, 0.15) is 6.23 Å². The average Bonchev–Trinajstić information content (AvgIpc) is 2.27. The third-order valence-corrected chi connectivity index (χ3v) is 2.56. The second-order valence-electron chi connectivity index (χ2n) is 4.31. The molecular formula is C11H20F2N2O4. The molecule has 0 aliphatic heterocycles. The molecule has 0 saturated carbocycles. The van der Waals surface area contributed by atoms with Crippen LogP contribution >= 0.6 is 0 Å². The summed E-state index contributed by atoms with van der Waals surface area (Å²) < 4.78 is 27.2. The molecule has 0 aromatic rings. The van der Waals surface area contributed by atoms with E-state index in [1.165, 1.54) is 0 Å². The van der Waals surface area contributed by atoms with Crippen LogP contribution in [0.4, 0.5) is 8.78 Å². The molecule has 2 atom stereocenters. The lowest BCUT2D eigenvalue weighted by atomic mass is 10.0. The largest absolute Gasteiger partial charge is 0.480 e. The normalized spacial score (nSPS) is 14.8. The first kappa shape index (κ1) is 17.7. The van der Waals surface area contributed by atoms with Gasteiger partial charge in [-0.25, -0.2) is 8.78 Å². The Kier molecular flexibility index (Phi) is 7.47. The lowest BCUT2D eigenvalue weighted by Crippen LogP contribution is -2.50. The fourth-order valence-electron chi connectivity index (χ4n) is 1.32. The van der Waals surface area contributed by atoms with Gasteiger partial charge in [0.25, 0.3) is 5.92 Å². The topological polar surface area (TPSA) is 98.7 Å². The van der Waals surface area contributed by atoms with Crippen LogP contribution in [-0.2, 0) is 9.59 Å². The molecule has 6 nitrogen and oxygen atoms in total. The van der Waals surface area contributed by atoms with Crippen LogP contribution in [0.3, 0.4) is 0 Å². The smallest absolute Gasteiger partial charge is 0.317 e. The number of hydrogen-bond acceptors (Lipinski definition) is 4. The number of carbonyl (C=O) groups excluding carboxylic acids is 1. The zero-order valence-corrected chi connectivity index (χ0v) is 10.9. The summed E-state index contributed by atoms with van der Waals surface area (Å²) in [6, 6.07) is 0. The summed E-state index contributed by atoms with van der Waals surface area (Å²) in [7, 11) is 0. The molecule has 1 unspecified atom stereocenters. The van der Waals surface area contributed by atoms with E-state index < -0.39 is 43.0 Å². The number of hydrogen-bond donors (Lipinski definition) is 4. The highest BCUT2D eigenvalue weighted by Gasteiger charge is 2.40. The van der Waals surface area contributed by atoms with Crippen molar-refractivity contribution in [1.82, 2.24) is 10.6 Å². The second-order valence-corrected chi connectivity index (χ2v) is 4.31. The predicted molar refractivity (Wildman–Crippen MR) is 63.7 cm³/mol. The summed E-state index contributed by atoms with van der Waals surface area (Å²) in [5, 5.41) is 22.0. The van der Waals surface area contributed by atoms with E-state index in [1.54, 1.807) is 6.92 Å². The molecule has 4 N–H and O–H groups in total. The second kappa shape index (κ2) is 8.00. The molecule has 1 amide bonds. The maximum Gasteiger partial charge on any atom is 0.317 e. The first-order valence-corrected chi connectivity index (χ1v) is 5.98. The van der Waals surface area contributed by atoms with Crippen molar-refractivity contribution in [2.75, 3.05) is 13.1 Å². The molecule has 19 heavy (non-hydrogen) atoms. The quantitative estimate of drug-likeness (QED) is 0.452. The van der Waals surface area contributed by atoms with Gasteiger partial charge in [-0.2, -0.15) is 0 Å². The molecule has 0 aromatic carbocycles. The van der Waals surface area contributed by atoms with Crippen molar-refractivity contribution in [3.63, 3.8) is 0 Å².